The van der Waals surface area contributed by atoms with Gasteiger partial charge >= 0.3 is 0 Å². The number of anilines is 1. The molecule has 1 N–H and O–H groups in total. The maximum Gasteiger partial charge on any atom is 0.233 e. The maximum atomic E-state index is 12.9. The largest absolute Gasteiger partial charge is 0.325 e. The van der Waals surface area contributed by atoms with Crippen molar-refractivity contribution in [3.05, 3.63) is 29.0 Å². The van der Waals surface area contributed by atoms with Gasteiger partial charge in [0.25, 0.3) is 0 Å². The molecule has 92 valence electrons. The quantitative estimate of drug-likeness (QED) is 0.821. The third kappa shape index (κ3) is 2.24. The van der Waals surface area contributed by atoms with E-state index >= 15 is 0 Å². The molecule has 1 aliphatic carbocycles. The van der Waals surface area contributed by atoms with Crippen molar-refractivity contribution in [1.82, 2.24) is 0 Å². The van der Waals surface area contributed by atoms with Crippen LogP contribution in [0, 0.1) is 11.2 Å². The Morgan fingerprint density at radius 3 is 2.53 bits per heavy atom. The second kappa shape index (κ2) is 4.01. The van der Waals surface area contributed by atoms with Gasteiger partial charge in [-0.15, -0.1) is 23.2 Å². The van der Waals surface area contributed by atoms with Gasteiger partial charge in [0.2, 0.25) is 5.91 Å². The van der Waals surface area contributed by atoms with E-state index in [1.165, 1.54) is 18.2 Å². The lowest BCUT2D eigenvalue weighted by Crippen LogP contribution is -2.25. The Morgan fingerprint density at radius 2 is 2.06 bits per heavy atom. The van der Waals surface area contributed by atoms with E-state index < -0.39 is 15.6 Å². The van der Waals surface area contributed by atoms with Crippen LogP contribution in [0.25, 0.3) is 0 Å². The first-order valence-electron chi connectivity index (χ1n) is 4.91. The lowest BCUT2D eigenvalue weighted by atomic mass is 10.1. The van der Waals surface area contributed by atoms with Gasteiger partial charge in [0.05, 0.1) is 10.4 Å². The second-order valence-electron chi connectivity index (χ2n) is 4.30. The minimum Gasteiger partial charge on any atom is -0.325 e. The van der Waals surface area contributed by atoms with Crippen molar-refractivity contribution >= 4 is 46.4 Å². The SMILES string of the molecule is CC1(C(=O)Nc2ccc(F)c(Cl)c2)CC1(Cl)Cl. The van der Waals surface area contributed by atoms with E-state index in [2.05, 4.69) is 5.32 Å². The molecule has 0 heterocycles. The molecule has 1 fully saturated rings. The molecule has 0 aliphatic heterocycles. The fourth-order valence-electron chi connectivity index (χ4n) is 1.49. The van der Waals surface area contributed by atoms with Gasteiger partial charge in [-0.2, -0.15) is 0 Å². The normalized spacial score (nSPS) is 25.5. The van der Waals surface area contributed by atoms with Crippen LogP contribution in [-0.4, -0.2) is 10.2 Å². The molecule has 0 spiro atoms. The van der Waals surface area contributed by atoms with E-state index in [4.69, 9.17) is 34.8 Å². The number of alkyl halides is 2. The van der Waals surface area contributed by atoms with Crippen LogP contribution in [0.1, 0.15) is 13.3 Å². The smallest absolute Gasteiger partial charge is 0.233 e. The van der Waals surface area contributed by atoms with Crippen molar-refractivity contribution in [2.45, 2.75) is 17.7 Å². The minimum atomic E-state index is -1.03. The van der Waals surface area contributed by atoms with E-state index in [9.17, 15) is 9.18 Å². The zero-order chi connectivity index (χ0) is 12.8. The summed E-state index contributed by atoms with van der Waals surface area (Å²) in [5.41, 5.74) is -0.393. The number of hydrogen-bond donors (Lipinski definition) is 1. The summed E-state index contributed by atoms with van der Waals surface area (Å²) in [5, 5.41) is 2.56. The summed E-state index contributed by atoms with van der Waals surface area (Å²) < 4.78 is 11.9. The molecule has 0 bridgehead atoms. The predicted molar refractivity (Wildman–Crippen MR) is 67.2 cm³/mol. The van der Waals surface area contributed by atoms with Crippen molar-refractivity contribution < 1.29 is 9.18 Å². The molecule has 2 nitrogen and oxygen atoms in total. The molecule has 1 aromatic carbocycles. The van der Waals surface area contributed by atoms with Crippen molar-refractivity contribution in [2.75, 3.05) is 5.32 Å². The van der Waals surface area contributed by atoms with Crippen molar-refractivity contribution in [1.29, 1.82) is 0 Å². The molecular formula is C11H9Cl3FNO. The van der Waals surface area contributed by atoms with Gasteiger partial charge in [0.15, 0.2) is 0 Å². The fraction of sp³-hybridized carbons (Fsp3) is 0.364. The Labute approximate surface area is 113 Å². The monoisotopic (exact) mass is 295 g/mol. The van der Waals surface area contributed by atoms with Gasteiger partial charge in [-0.3, -0.25) is 4.79 Å². The zero-order valence-electron chi connectivity index (χ0n) is 8.86. The molecule has 0 aromatic heterocycles. The molecule has 1 atom stereocenters. The molecule has 1 unspecified atom stereocenters. The Balaban J connectivity index is 2.12. The van der Waals surface area contributed by atoms with Crippen LogP contribution >= 0.6 is 34.8 Å². The van der Waals surface area contributed by atoms with E-state index in [1.54, 1.807) is 6.92 Å². The van der Waals surface area contributed by atoms with Gasteiger partial charge in [0, 0.05) is 5.69 Å². The highest BCUT2D eigenvalue weighted by atomic mass is 35.5. The van der Waals surface area contributed by atoms with Crippen molar-refractivity contribution in [3.8, 4) is 0 Å². The number of rotatable bonds is 2. The third-order valence-corrected chi connectivity index (χ3v) is 4.33. The average molecular weight is 297 g/mol. The van der Waals surface area contributed by atoms with E-state index in [0.717, 1.165) is 0 Å². The first-order valence-corrected chi connectivity index (χ1v) is 6.04. The third-order valence-electron chi connectivity index (χ3n) is 2.94. The number of carbonyl (C=O) groups excluding carboxylic acids is 1. The van der Waals surface area contributed by atoms with Crippen LogP contribution in [0.15, 0.2) is 18.2 Å². The predicted octanol–water partition coefficient (Wildman–Crippen LogP) is 4.00. The van der Waals surface area contributed by atoms with Gasteiger partial charge in [0.1, 0.15) is 10.2 Å². The Hall–Kier alpha value is -0.510. The zero-order valence-corrected chi connectivity index (χ0v) is 11.1. The van der Waals surface area contributed by atoms with Crippen LogP contribution in [0.4, 0.5) is 10.1 Å². The molecule has 1 saturated carbocycles. The van der Waals surface area contributed by atoms with Gasteiger partial charge in [-0.1, -0.05) is 11.6 Å². The molecule has 2 rings (SSSR count). The number of carbonyl (C=O) groups is 1. The summed E-state index contributed by atoms with van der Waals surface area (Å²) in [7, 11) is 0. The Kier molecular flexibility index (Phi) is 3.05. The molecule has 1 amide bonds. The van der Waals surface area contributed by atoms with Crippen molar-refractivity contribution in [2.24, 2.45) is 5.41 Å². The maximum absolute atomic E-state index is 12.9. The molecular weight excluding hydrogens is 287 g/mol. The minimum absolute atomic E-state index is 0.0493. The molecule has 17 heavy (non-hydrogen) atoms. The fourth-order valence-corrected chi connectivity index (χ4v) is 2.38. The highest BCUT2D eigenvalue weighted by molar-refractivity contribution is 6.53. The molecule has 0 saturated heterocycles. The van der Waals surface area contributed by atoms with Gasteiger partial charge < -0.3 is 5.32 Å². The lowest BCUT2D eigenvalue weighted by molar-refractivity contribution is -0.120. The number of hydrogen-bond acceptors (Lipinski definition) is 1. The summed E-state index contributed by atoms with van der Waals surface area (Å²) in [4.78, 5) is 11.9. The number of benzene rings is 1. The number of halogens is 4. The van der Waals surface area contributed by atoms with Crippen LogP contribution in [0.2, 0.25) is 5.02 Å². The summed E-state index contributed by atoms with van der Waals surface area (Å²) in [6, 6.07) is 3.95. The van der Waals surface area contributed by atoms with Crippen LogP contribution < -0.4 is 5.32 Å². The summed E-state index contributed by atoms with van der Waals surface area (Å²) >= 11 is 17.4. The number of amides is 1. The van der Waals surface area contributed by atoms with Crippen molar-refractivity contribution in [3.63, 3.8) is 0 Å². The van der Waals surface area contributed by atoms with Crippen LogP contribution in [-0.2, 0) is 4.79 Å². The summed E-state index contributed by atoms with van der Waals surface area (Å²) in [6.45, 7) is 1.67. The number of nitrogens with one attached hydrogen (secondary N) is 1. The average Bonchev–Trinajstić information content (AvgIpc) is 2.74. The molecule has 0 radical (unpaired) electrons. The van der Waals surface area contributed by atoms with Crippen LogP contribution in [0.5, 0.6) is 0 Å². The highest BCUT2D eigenvalue weighted by Crippen LogP contribution is 2.64. The summed E-state index contributed by atoms with van der Waals surface area (Å²) in [6.07, 6.45) is 0.393. The Morgan fingerprint density at radius 1 is 1.47 bits per heavy atom. The lowest BCUT2D eigenvalue weighted by Gasteiger charge is -2.12. The summed E-state index contributed by atoms with van der Waals surface area (Å²) in [5.74, 6) is -0.837. The molecule has 1 aromatic rings. The molecule has 6 heteroatoms. The van der Waals surface area contributed by atoms with E-state index in [-0.39, 0.29) is 10.9 Å². The van der Waals surface area contributed by atoms with Gasteiger partial charge in [-0.05, 0) is 31.5 Å². The Bertz CT molecular complexity index is 492. The van der Waals surface area contributed by atoms with Gasteiger partial charge in [-0.25, -0.2) is 4.39 Å². The standard InChI is InChI=1S/C11H9Cl3FNO/c1-10(5-11(10,13)14)9(17)16-6-2-3-8(15)7(12)4-6/h2-4H,5H2,1H3,(H,16,17). The topological polar surface area (TPSA) is 29.1 Å². The highest BCUT2D eigenvalue weighted by Gasteiger charge is 2.67. The first kappa shape index (κ1) is 12.9. The second-order valence-corrected chi connectivity index (χ2v) is 6.19. The van der Waals surface area contributed by atoms with Crippen LogP contribution in [0.3, 0.4) is 0 Å². The van der Waals surface area contributed by atoms with E-state index in [1.807, 2.05) is 0 Å². The van der Waals surface area contributed by atoms with E-state index in [0.29, 0.717) is 12.1 Å². The first-order chi connectivity index (χ1) is 7.76. The molecule has 1 aliphatic rings.